The summed E-state index contributed by atoms with van der Waals surface area (Å²) in [6.07, 6.45) is -2.35. The Balaban J connectivity index is 3.01. The van der Waals surface area contributed by atoms with Gasteiger partial charge in [-0.15, -0.1) is 0 Å². The molecule has 0 spiro atoms. The van der Waals surface area contributed by atoms with Gasteiger partial charge in [-0.3, -0.25) is 4.79 Å². The minimum absolute atomic E-state index is 0.00790. The zero-order valence-corrected chi connectivity index (χ0v) is 10.9. The van der Waals surface area contributed by atoms with E-state index in [2.05, 4.69) is 4.74 Å². The fraction of sp³-hybridized carbons (Fsp3) is 0.385. The molecule has 0 bridgehead atoms. The number of Topliss-reactive ketones (excluding diaryl/α,β-unsaturated/α-hetero) is 1. The van der Waals surface area contributed by atoms with E-state index in [0.717, 1.165) is 0 Å². The molecule has 6 heteroatoms. The van der Waals surface area contributed by atoms with Gasteiger partial charge in [0, 0.05) is 11.6 Å². The average molecular weight is 270 g/mol. The number of benzene rings is 1. The SMILES string of the molecule is CCOC(=O)C(F)C(=O)c1cc(OC)cc(OC)c1. The number of rotatable bonds is 6. The predicted octanol–water partition coefficient (Wildman–Crippen LogP) is 1.79. The summed E-state index contributed by atoms with van der Waals surface area (Å²) < 4.78 is 28.0. The molecule has 1 unspecified atom stereocenters. The van der Waals surface area contributed by atoms with Gasteiger partial charge < -0.3 is 14.2 Å². The molecule has 0 aliphatic heterocycles. The lowest BCUT2D eigenvalue weighted by molar-refractivity contribution is -0.147. The number of ether oxygens (including phenoxy) is 3. The fourth-order valence-electron chi connectivity index (χ4n) is 1.42. The highest BCUT2D eigenvalue weighted by Crippen LogP contribution is 2.24. The summed E-state index contributed by atoms with van der Waals surface area (Å²) in [6.45, 7) is 1.54. The first-order valence-corrected chi connectivity index (χ1v) is 5.61. The predicted molar refractivity (Wildman–Crippen MR) is 65.4 cm³/mol. The summed E-state index contributed by atoms with van der Waals surface area (Å²) in [4.78, 5) is 23.0. The van der Waals surface area contributed by atoms with Crippen molar-refractivity contribution < 1.29 is 28.2 Å². The maximum absolute atomic E-state index is 13.6. The summed E-state index contributed by atoms with van der Waals surface area (Å²) in [7, 11) is 2.81. The number of esters is 1. The molecule has 0 fully saturated rings. The van der Waals surface area contributed by atoms with E-state index in [1.165, 1.54) is 39.3 Å². The van der Waals surface area contributed by atoms with Crippen LogP contribution in [0.25, 0.3) is 0 Å². The van der Waals surface area contributed by atoms with Crippen molar-refractivity contribution in [3.63, 3.8) is 0 Å². The fourth-order valence-corrected chi connectivity index (χ4v) is 1.42. The third-order valence-corrected chi connectivity index (χ3v) is 2.36. The maximum Gasteiger partial charge on any atom is 0.348 e. The molecule has 1 aromatic carbocycles. The molecule has 0 amide bonds. The van der Waals surface area contributed by atoms with Gasteiger partial charge in [-0.2, -0.15) is 0 Å². The summed E-state index contributed by atoms with van der Waals surface area (Å²) in [6, 6.07) is 4.20. The van der Waals surface area contributed by atoms with E-state index in [1.807, 2.05) is 0 Å². The lowest BCUT2D eigenvalue weighted by atomic mass is 10.1. The van der Waals surface area contributed by atoms with Crippen LogP contribution in [0.1, 0.15) is 17.3 Å². The normalized spacial score (nSPS) is 11.6. The van der Waals surface area contributed by atoms with E-state index in [4.69, 9.17) is 9.47 Å². The highest BCUT2D eigenvalue weighted by atomic mass is 19.1. The molecule has 1 atom stereocenters. The molecule has 0 heterocycles. The minimum atomic E-state index is -2.35. The lowest BCUT2D eigenvalue weighted by Gasteiger charge is -2.10. The van der Waals surface area contributed by atoms with Gasteiger partial charge in [0.15, 0.2) is 0 Å². The maximum atomic E-state index is 13.6. The van der Waals surface area contributed by atoms with Gasteiger partial charge in [-0.1, -0.05) is 0 Å². The van der Waals surface area contributed by atoms with Crippen LogP contribution in [0.3, 0.4) is 0 Å². The number of alkyl halides is 1. The number of halogens is 1. The Hall–Kier alpha value is -2.11. The molecule has 19 heavy (non-hydrogen) atoms. The second-order valence-corrected chi connectivity index (χ2v) is 3.58. The molecule has 0 aromatic heterocycles. The standard InChI is InChI=1S/C13H15FO5/c1-4-19-13(16)11(14)12(15)8-5-9(17-2)7-10(6-8)18-3/h5-7,11H,4H2,1-3H3. The third-order valence-electron chi connectivity index (χ3n) is 2.36. The first-order chi connectivity index (χ1) is 9.03. The Bertz CT molecular complexity index is 450. The number of methoxy groups -OCH3 is 2. The summed E-state index contributed by atoms with van der Waals surface area (Å²) in [5, 5.41) is 0. The smallest absolute Gasteiger partial charge is 0.348 e. The summed E-state index contributed by atoms with van der Waals surface area (Å²) >= 11 is 0. The van der Waals surface area contributed by atoms with Crippen LogP contribution in [0, 0.1) is 0 Å². The van der Waals surface area contributed by atoms with E-state index in [-0.39, 0.29) is 12.2 Å². The number of hydrogen-bond acceptors (Lipinski definition) is 5. The number of hydrogen-bond donors (Lipinski definition) is 0. The number of ketones is 1. The monoisotopic (exact) mass is 270 g/mol. The Morgan fingerprint density at radius 1 is 1.16 bits per heavy atom. The number of carbonyl (C=O) groups excluding carboxylic acids is 2. The minimum Gasteiger partial charge on any atom is -0.497 e. The molecular formula is C13H15FO5. The van der Waals surface area contributed by atoms with E-state index in [0.29, 0.717) is 11.5 Å². The summed E-state index contributed by atoms with van der Waals surface area (Å²) in [5.41, 5.74) is -0.0169. The van der Waals surface area contributed by atoms with Crippen molar-refractivity contribution in [1.82, 2.24) is 0 Å². The van der Waals surface area contributed by atoms with Crippen molar-refractivity contribution >= 4 is 11.8 Å². The first kappa shape index (κ1) is 14.9. The molecule has 5 nitrogen and oxygen atoms in total. The van der Waals surface area contributed by atoms with Crippen molar-refractivity contribution in [2.45, 2.75) is 13.1 Å². The van der Waals surface area contributed by atoms with Gasteiger partial charge in [0.1, 0.15) is 11.5 Å². The van der Waals surface area contributed by atoms with Crippen LogP contribution in [-0.2, 0) is 9.53 Å². The highest BCUT2D eigenvalue weighted by molar-refractivity contribution is 6.11. The Kier molecular flexibility index (Phi) is 5.29. The van der Waals surface area contributed by atoms with Crippen LogP contribution in [-0.4, -0.2) is 38.8 Å². The number of carbonyl (C=O) groups is 2. The van der Waals surface area contributed by atoms with Gasteiger partial charge in [0.05, 0.1) is 20.8 Å². The Morgan fingerprint density at radius 3 is 2.11 bits per heavy atom. The van der Waals surface area contributed by atoms with E-state index in [9.17, 15) is 14.0 Å². The van der Waals surface area contributed by atoms with Gasteiger partial charge in [0.25, 0.3) is 6.17 Å². The molecule has 1 aromatic rings. The van der Waals surface area contributed by atoms with Crippen LogP contribution in [0.4, 0.5) is 4.39 Å². The van der Waals surface area contributed by atoms with Crippen molar-refractivity contribution in [2.24, 2.45) is 0 Å². The largest absolute Gasteiger partial charge is 0.497 e. The molecule has 104 valence electrons. The molecule has 0 radical (unpaired) electrons. The summed E-state index contributed by atoms with van der Waals surface area (Å²) in [5.74, 6) is -1.53. The van der Waals surface area contributed by atoms with Crippen molar-refractivity contribution in [3.05, 3.63) is 23.8 Å². The van der Waals surface area contributed by atoms with Gasteiger partial charge in [0.2, 0.25) is 5.78 Å². The van der Waals surface area contributed by atoms with Gasteiger partial charge in [-0.25, -0.2) is 9.18 Å². The van der Waals surface area contributed by atoms with Crippen LogP contribution < -0.4 is 9.47 Å². The molecule has 0 saturated carbocycles. The molecule has 1 rings (SSSR count). The topological polar surface area (TPSA) is 61.8 Å². The zero-order chi connectivity index (χ0) is 14.4. The molecular weight excluding hydrogens is 255 g/mol. The molecule has 0 saturated heterocycles. The van der Waals surface area contributed by atoms with Crippen LogP contribution in [0.15, 0.2) is 18.2 Å². The highest BCUT2D eigenvalue weighted by Gasteiger charge is 2.29. The first-order valence-electron chi connectivity index (χ1n) is 5.61. The second-order valence-electron chi connectivity index (χ2n) is 3.58. The quantitative estimate of drug-likeness (QED) is 0.448. The molecule has 0 N–H and O–H groups in total. The lowest BCUT2D eigenvalue weighted by Crippen LogP contribution is -2.27. The average Bonchev–Trinajstić information content (AvgIpc) is 2.45. The second kappa shape index (κ2) is 6.72. The van der Waals surface area contributed by atoms with Crippen LogP contribution in [0.2, 0.25) is 0 Å². The van der Waals surface area contributed by atoms with Crippen molar-refractivity contribution in [1.29, 1.82) is 0 Å². The molecule has 0 aliphatic rings. The van der Waals surface area contributed by atoms with E-state index in [1.54, 1.807) is 0 Å². The third kappa shape index (κ3) is 3.67. The van der Waals surface area contributed by atoms with Crippen molar-refractivity contribution in [2.75, 3.05) is 20.8 Å². The molecule has 0 aliphatic carbocycles. The Morgan fingerprint density at radius 2 is 1.68 bits per heavy atom. The van der Waals surface area contributed by atoms with E-state index < -0.39 is 17.9 Å². The van der Waals surface area contributed by atoms with E-state index >= 15 is 0 Å². The Labute approximate surface area is 110 Å². The van der Waals surface area contributed by atoms with Gasteiger partial charge in [-0.05, 0) is 19.1 Å². The van der Waals surface area contributed by atoms with Crippen LogP contribution >= 0.6 is 0 Å². The van der Waals surface area contributed by atoms with Crippen molar-refractivity contribution in [3.8, 4) is 11.5 Å². The zero-order valence-electron chi connectivity index (χ0n) is 10.9. The van der Waals surface area contributed by atoms with Crippen LogP contribution in [0.5, 0.6) is 11.5 Å². The van der Waals surface area contributed by atoms with Gasteiger partial charge >= 0.3 is 5.97 Å².